The summed E-state index contributed by atoms with van der Waals surface area (Å²) in [6.07, 6.45) is 3.08. The molecule has 3 aromatic rings. The summed E-state index contributed by atoms with van der Waals surface area (Å²) in [7, 11) is 0. The third kappa shape index (κ3) is 6.18. The Morgan fingerprint density at radius 1 is 1.06 bits per heavy atom. The fraction of sp³-hybridized carbons (Fsp3) is 0.370. The number of rotatable bonds is 9. The van der Waals surface area contributed by atoms with Crippen molar-refractivity contribution in [2.24, 2.45) is 0 Å². The molecule has 178 valence electrons. The molecule has 1 fully saturated rings. The number of hydrogen-bond acceptors (Lipinski definition) is 5. The summed E-state index contributed by atoms with van der Waals surface area (Å²) in [6.45, 7) is 6.80. The summed E-state index contributed by atoms with van der Waals surface area (Å²) in [5.74, 6) is -0.309. The van der Waals surface area contributed by atoms with Crippen molar-refractivity contribution < 1.29 is 9.53 Å². The maximum atomic E-state index is 13.3. The molecular weight excluding hydrogens is 428 g/mol. The lowest BCUT2D eigenvalue weighted by molar-refractivity contribution is 0.0383. The van der Waals surface area contributed by atoms with Crippen LogP contribution in [0.3, 0.4) is 0 Å². The minimum Gasteiger partial charge on any atom is -0.379 e. The van der Waals surface area contributed by atoms with Crippen LogP contribution < -0.4 is 10.7 Å². The van der Waals surface area contributed by atoms with Crippen molar-refractivity contribution in [1.29, 1.82) is 0 Å². The average molecular weight is 461 g/mol. The zero-order chi connectivity index (χ0) is 23.8. The number of nitrogens with zero attached hydrogens (tertiary/aromatic N) is 3. The number of nitrogens with one attached hydrogen (secondary N) is 1. The lowest BCUT2D eigenvalue weighted by atomic mass is 10.0. The third-order valence-electron chi connectivity index (χ3n) is 6.21. The number of aromatic nitrogens is 2. The SMILES string of the molecule is Cc1cc(=O)c(C(=O)NCCN2CCOCC2)c(CCc2ccccc2)n1Cc1ccccn1. The number of ether oxygens (including phenoxy) is 1. The van der Waals surface area contributed by atoms with Crippen LogP contribution in [0.5, 0.6) is 0 Å². The largest absolute Gasteiger partial charge is 0.379 e. The number of carbonyl (C=O) groups is 1. The molecule has 34 heavy (non-hydrogen) atoms. The molecule has 0 spiro atoms. The van der Waals surface area contributed by atoms with Gasteiger partial charge in [0.2, 0.25) is 0 Å². The lowest BCUT2D eigenvalue weighted by Gasteiger charge is -2.26. The van der Waals surface area contributed by atoms with Gasteiger partial charge in [0.25, 0.3) is 5.91 Å². The van der Waals surface area contributed by atoms with Crippen molar-refractivity contribution in [3.8, 4) is 0 Å². The smallest absolute Gasteiger partial charge is 0.257 e. The first-order valence-electron chi connectivity index (χ1n) is 11.9. The number of pyridine rings is 2. The summed E-state index contributed by atoms with van der Waals surface area (Å²) < 4.78 is 7.45. The van der Waals surface area contributed by atoms with E-state index in [0.29, 0.717) is 32.7 Å². The second-order valence-electron chi connectivity index (χ2n) is 8.57. The number of carbonyl (C=O) groups excluding carboxylic acids is 1. The molecular formula is C27H32N4O3. The van der Waals surface area contributed by atoms with E-state index in [1.165, 1.54) is 5.56 Å². The molecule has 0 saturated carbocycles. The van der Waals surface area contributed by atoms with E-state index in [-0.39, 0.29) is 16.9 Å². The monoisotopic (exact) mass is 460 g/mol. The highest BCUT2D eigenvalue weighted by Gasteiger charge is 2.21. The highest BCUT2D eigenvalue weighted by atomic mass is 16.5. The number of benzene rings is 1. The van der Waals surface area contributed by atoms with Crippen LogP contribution >= 0.6 is 0 Å². The Kier molecular flexibility index (Phi) is 8.22. The van der Waals surface area contributed by atoms with Gasteiger partial charge in [-0.1, -0.05) is 36.4 Å². The predicted octanol–water partition coefficient (Wildman–Crippen LogP) is 2.45. The van der Waals surface area contributed by atoms with Crippen LogP contribution in [0.1, 0.15) is 33.0 Å². The van der Waals surface area contributed by atoms with E-state index in [1.807, 2.05) is 43.3 Å². The van der Waals surface area contributed by atoms with Crippen LogP contribution in [0.2, 0.25) is 0 Å². The molecule has 4 rings (SSSR count). The topological polar surface area (TPSA) is 76.5 Å². The maximum absolute atomic E-state index is 13.3. The van der Waals surface area contributed by atoms with E-state index in [2.05, 4.69) is 31.9 Å². The minimum absolute atomic E-state index is 0.235. The Balaban J connectivity index is 1.60. The molecule has 2 aromatic heterocycles. The number of aryl methyl sites for hydroxylation is 2. The lowest BCUT2D eigenvalue weighted by Crippen LogP contribution is -2.42. The van der Waals surface area contributed by atoms with Crippen molar-refractivity contribution in [2.45, 2.75) is 26.3 Å². The van der Waals surface area contributed by atoms with E-state index in [4.69, 9.17) is 4.74 Å². The van der Waals surface area contributed by atoms with Gasteiger partial charge in [-0.05, 0) is 37.5 Å². The van der Waals surface area contributed by atoms with E-state index in [9.17, 15) is 9.59 Å². The molecule has 7 nitrogen and oxygen atoms in total. The molecule has 7 heteroatoms. The van der Waals surface area contributed by atoms with Crippen LogP contribution in [0.15, 0.2) is 65.6 Å². The van der Waals surface area contributed by atoms with Gasteiger partial charge in [0.15, 0.2) is 5.43 Å². The molecule has 0 bridgehead atoms. The summed E-state index contributed by atoms with van der Waals surface area (Å²) in [4.78, 5) is 33.1. The Morgan fingerprint density at radius 3 is 2.56 bits per heavy atom. The second-order valence-corrected chi connectivity index (χ2v) is 8.57. The highest BCUT2D eigenvalue weighted by Crippen LogP contribution is 2.15. The first-order valence-corrected chi connectivity index (χ1v) is 11.9. The van der Waals surface area contributed by atoms with Crippen LogP contribution in [-0.4, -0.2) is 59.8 Å². The third-order valence-corrected chi connectivity index (χ3v) is 6.21. The van der Waals surface area contributed by atoms with Gasteiger partial charge in [-0.3, -0.25) is 19.5 Å². The summed E-state index contributed by atoms with van der Waals surface area (Å²) in [5, 5.41) is 2.99. The molecule has 1 N–H and O–H groups in total. The van der Waals surface area contributed by atoms with Crippen molar-refractivity contribution in [1.82, 2.24) is 19.8 Å². The Labute approximate surface area is 200 Å². The van der Waals surface area contributed by atoms with E-state index < -0.39 is 0 Å². The Bertz CT molecular complexity index is 1140. The molecule has 3 heterocycles. The fourth-order valence-corrected chi connectivity index (χ4v) is 4.35. The molecule has 1 saturated heterocycles. The van der Waals surface area contributed by atoms with E-state index in [0.717, 1.165) is 43.1 Å². The highest BCUT2D eigenvalue weighted by molar-refractivity contribution is 5.95. The summed E-state index contributed by atoms with van der Waals surface area (Å²) in [6, 6.07) is 17.5. The Morgan fingerprint density at radius 2 is 1.82 bits per heavy atom. The predicted molar refractivity (Wildman–Crippen MR) is 132 cm³/mol. The average Bonchev–Trinajstić information content (AvgIpc) is 2.86. The number of morpholine rings is 1. The van der Waals surface area contributed by atoms with Crippen molar-refractivity contribution in [3.05, 3.63) is 99.2 Å². The summed E-state index contributed by atoms with van der Waals surface area (Å²) >= 11 is 0. The van der Waals surface area contributed by atoms with E-state index >= 15 is 0 Å². The van der Waals surface area contributed by atoms with Gasteiger partial charge < -0.3 is 14.6 Å². The van der Waals surface area contributed by atoms with Gasteiger partial charge in [-0.2, -0.15) is 0 Å². The molecule has 0 aliphatic carbocycles. The fourth-order valence-electron chi connectivity index (χ4n) is 4.35. The molecule has 1 aliphatic heterocycles. The van der Waals surface area contributed by atoms with Gasteiger partial charge in [0, 0.05) is 49.8 Å². The van der Waals surface area contributed by atoms with Gasteiger partial charge in [0.05, 0.1) is 25.5 Å². The minimum atomic E-state index is -0.309. The zero-order valence-electron chi connectivity index (χ0n) is 19.7. The van der Waals surface area contributed by atoms with Gasteiger partial charge in [-0.25, -0.2) is 0 Å². The summed E-state index contributed by atoms with van der Waals surface area (Å²) in [5.41, 5.74) is 3.63. The zero-order valence-corrected chi connectivity index (χ0v) is 19.7. The van der Waals surface area contributed by atoms with Crippen LogP contribution in [0.4, 0.5) is 0 Å². The molecule has 1 amide bonds. The molecule has 0 atom stereocenters. The number of amides is 1. The van der Waals surface area contributed by atoms with Crippen molar-refractivity contribution in [3.63, 3.8) is 0 Å². The van der Waals surface area contributed by atoms with Gasteiger partial charge in [-0.15, -0.1) is 0 Å². The van der Waals surface area contributed by atoms with Gasteiger partial charge in [0.1, 0.15) is 5.56 Å². The van der Waals surface area contributed by atoms with Gasteiger partial charge >= 0.3 is 0 Å². The van der Waals surface area contributed by atoms with Crippen LogP contribution in [-0.2, 0) is 24.1 Å². The normalized spacial score (nSPS) is 14.1. The first kappa shape index (κ1) is 23.9. The van der Waals surface area contributed by atoms with Crippen molar-refractivity contribution >= 4 is 5.91 Å². The van der Waals surface area contributed by atoms with Crippen LogP contribution in [0, 0.1) is 6.92 Å². The first-order chi connectivity index (χ1) is 16.6. The van der Waals surface area contributed by atoms with E-state index in [1.54, 1.807) is 12.3 Å². The maximum Gasteiger partial charge on any atom is 0.257 e. The standard InChI is InChI=1S/C27H32N4O3/c1-21-19-25(32)26(27(33)29-13-14-30-15-17-34-18-16-30)24(11-10-22-7-3-2-4-8-22)31(21)20-23-9-5-6-12-28-23/h2-9,12,19H,10-11,13-18,20H2,1H3,(H,29,33). The molecule has 1 aliphatic rings. The molecule has 0 unspecified atom stereocenters. The Hall–Kier alpha value is -3.29. The molecule has 0 radical (unpaired) electrons. The number of hydrogen-bond donors (Lipinski definition) is 1. The van der Waals surface area contributed by atoms with Crippen LogP contribution in [0.25, 0.3) is 0 Å². The van der Waals surface area contributed by atoms with Crippen molar-refractivity contribution in [2.75, 3.05) is 39.4 Å². The second kappa shape index (κ2) is 11.7. The quantitative estimate of drug-likeness (QED) is 0.531. The molecule has 1 aromatic carbocycles.